The third-order valence-corrected chi connectivity index (χ3v) is 6.64. The summed E-state index contributed by atoms with van der Waals surface area (Å²) in [6.45, 7) is 11.2. The summed E-state index contributed by atoms with van der Waals surface area (Å²) in [5, 5.41) is 16.2. The lowest BCUT2D eigenvalue weighted by Gasteiger charge is -2.34. The highest BCUT2D eigenvalue weighted by Gasteiger charge is 2.20. The minimum atomic E-state index is -0.0545. The molecular formula is C28H43N7O2. The van der Waals surface area contributed by atoms with Gasteiger partial charge in [0, 0.05) is 51.5 Å². The monoisotopic (exact) mass is 509 g/mol. The molecule has 37 heavy (non-hydrogen) atoms. The number of piperazine rings is 1. The average molecular weight is 510 g/mol. The molecule has 1 aliphatic heterocycles. The maximum Gasteiger partial charge on any atom is 0.246 e. The van der Waals surface area contributed by atoms with E-state index in [1.54, 1.807) is 12.3 Å². The Bertz CT molecular complexity index is 1000. The molecule has 202 valence electrons. The van der Waals surface area contributed by atoms with Crippen LogP contribution in [0.5, 0.6) is 0 Å². The number of hydrogen-bond donors (Lipinski definition) is 3. The van der Waals surface area contributed by atoms with Gasteiger partial charge in [0.15, 0.2) is 0 Å². The molecule has 9 heteroatoms. The van der Waals surface area contributed by atoms with E-state index < -0.39 is 0 Å². The Morgan fingerprint density at radius 1 is 1.08 bits per heavy atom. The molecule has 0 radical (unpaired) electrons. The molecule has 0 spiro atoms. The van der Waals surface area contributed by atoms with E-state index in [4.69, 9.17) is 0 Å². The molecule has 3 N–H and O–H groups in total. The number of anilines is 2. The fourth-order valence-corrected chi connectivity index (χ4v) is 4.16. The van der Waals surface area contributed by atoms with Gasteiger partial charge in [0.1, 0.15) is 5.82 Å². The van der Waals surface area contributed by atoms with E-state index in [0.717, 1.165) is 44.8 Å². The second kappa shape index (κ2) is 14.1. The number of likely N-dealkylation sites (N-methyl/N-ethyl adjacent to an activating group) is 1. The minimum absolute atomic E-state index is 0.0399. The van der Waals surface area contributed by atoms with Crippen LogP contribution in [0.4, 0.5) is 11.8 Å². The van der Waals surface area contributed by atoms with Gasteiger partial charge in [-0.05, 0) is 44.1 Å². The molecule has 0 bridgehead atoms. The van der Waals surface area contributed by atoms with E-state index >= 15 is 0 Å². The Morgan fingerprint density at radius 2 is 1.78 bits per heavy atom. The van der Waals surface area contributed by atoms with Gasteiger partial charge in [-0.3, -0.25) is 9.69 Å². The van der Waals surface area contributed by atoms with Crippen LogP contribution < -0.4 is 10.6 Å². The number of benzene rings is 1. The molecule has 0 aliphatic carbocycles. The topological polar surface area (TPSA) is 96.9 Å². The quantitative estimate of drug-likeness (QED) is 0.376. The molecule has 2 heterocycles. The zero-order chi connectivity index (χ0) is 26.8. The van der Waals surface area contributed by atoms with Crippen LogP contribution in [0.1, 0.15) is 37.9 Å². The summed E-state index contributed by atoms with van der Waals surface area (Å²) in [6, 6.07) is 10.4. The molecule has 1 amide bonds. The van der Waals surface area contributed by atoms with Gasteiger partial charge in [0.25, 0.3) is 0 Å². The van der Waals surface area contributed by atoms with E-state index in [2.05, 4.69) is 70.5 Å². The maximum atomic E-state index is 12.4. The Kier molecular flexibility index (Phi) is 10.9. The molecule has 1 fully saturated rings. The molecule has 3 rings (SSSR count). The van der Waals surface area contributed by atoms with Gasteiger partial charge in [-0.15, -0.1) is 0 Å². The van der Waals surface area contributed by atoms with Gasteiger partial charge in [0.05, 0.1) is 18.7 Å². The van der Waals surface area contributed by atoms with E-state index in [0.29, 0.717) is 11.8 Å². The Balaban J connectivity index is 1.48. The van der Waals surface area contributed by atoms with Crippen LogP contribution in [0, 0.1) is 5.92 Å². The number of nitrogens with one attached hydrogen (secondary N) is 2. The van der Waals surface area contributed by atoms with Gasteiger partial charge >= 0.3 is 0 Å². The van der Waals surface area contributed by atoms with Crippen LogP contribution in [-0.2, 0) is 11.3 Å². The summed E-state index contributed by atoms with van der Waals surface area (Å²) < 4.78 is 0. The number of carbonyl (C=O) groups is 1. The van der Waals surface area contributed by atoms with Crippen molar-refractivity contribution in [3.05, 3.63) is 59.8 Å². The van der Waals surface area contributed by atoms with Crippen LogP contribution in [-0.4, -0.2) is 95.1 Å². The van der Waals surface area contributed by atoms with Gasteiger partial charge in [0.2, 0.25) is 11.9 Å². The zero-order valence-electron chi connectivity index (χ0n) is 22.9. The fraction of sp³-hybridized carbons (Fsp3) is 0.536. The Labute approximate surface area is 221 Å². The lowest BCUT2D eigenvalue weighted by atomic mass is 10.1. The first-order chi connectivity index (χ1) is 17.7. The highest BCUT2D eigenvalue weighted by atomic mass is 16.3. The molecule has 0 unspecified atom stereocenters. The first-order valence-electron chi connectivity index (χ1n) is 13.1. The van der Waals surface area contributed by atoms with Crippen molar-refractivity contribution in [3.63, 3.8) is 0 Å². The molecule has 1 aromatic carbocycles. The Morgan fingerprint density at radius 3 is 2.41 bits per heavy atom. The van der Waals surface area contributed by atoms with Gasteiger partial charge in [-0.1, -0.05) is 44.2 Å². The number of amides is 1. The smallest absolute Gasteiger partial charge is 0.246 e. The lowest BCUT2D eigenvalue weighted by Crippen LogP contribution is -2.47. The molecule has 1 saturated heterocycles. The first kappa shape index (κ1) is 28.6. The largest absolute Gasteiger partial charge is 0.394 e. The standard InChI is InChI=1S/C28H43N7O2/c1-21(2)25(20-36)31-26-12-13-29-28(32-26)30-22(3)24-10-8-23(9-11-24)19-34-15-17-35(18-16-34)27(37)7-6-14-33(4)5/h6-13,21-22,25,36H,14-20H2,1-5H3,(H2,29,30,31,32)/b7-6+/t22-,25+/m0/s1. The zero-order valence-corrected chi connectivity index (χ0v) is 22.9. The van der Waals surface area contributed by atoms with Crippen LogP contribution in [0.15, 0.2) is 48.7 Å². The second-order valence-electron chi connectivity index (χ2n) is 10.3. The van der Waals surface area contributed by atoms with Gasteiger partial charge in [-0.25, -0.2) is 4.98 Å². The number of aromatic nitrogens is 2. The van der Waals surface area contributed by atoms with Crippen LogP contribution in [0.2, 0.25) is 0 Å². The van der Waals surface area contributed by atoms with E-state index in [1.165, 1.54) is 5.56 Å². The SMILES string of the molecule is CC(C)[C@@H](CO)Nc1ccnc(N[C@@H](C)c2ccc(CN3CCN(C(=O)/C=C/CN(C)C)CC3)cc2)n1. The third-order valence-electron chi connectivity index (χ3n) is 6.64. The Hall–Kier alpha value is -3.01. The molecule has 1 aromatic heterocycles. The van der Waals surface area contributed by atoms with Crippen molar-refractivity contribution < 1.29 is 9.90 Å². The molecule has 9 nitrogen and oxygen atoms in total. The summed E-state index contributed by atoms with van der Waals surface area (Å²) in [4.78, 5) is 27.6. The highest BCUT2D eigenvalue weighted by Crippen LogP contribution is 2.20. The second-order valence-corrected chi connectivity index (χ2v) is 10.3. The van der Waals surface area contributed by atoms with Crippen molar-refractivity contribution in [1.82, 2.24) is 24.7 Å². The molecule has 2 aromatic rings. The van der Waals surface area contributed by atoms with Gasteiger partial charge in [-0.2, -0.15) is 4.98 Å². The predicted octanol–water partition coefficient (Wildman–Crippen LogP) is 2.84. The van der Waals surface area contributed by atoms with Crippen molar-refractivity contribution in [1.29, 1.82) is 0 Å². The van der Waals surface area contributed by atoms with E-state index in [-0.39, 0.29) is 30.5 Å². The van der Waals surface area contributed by atoms with Crippen molar-refractivity contribution >= 4 is 17.7 Å². The summed E-state index contributed by atoms with van der Waals surface area (Å²) in [5.41, 5.74) is 2.41. The fourth-order valence-electron chi connectivity index (χ4n) is 4.16. The lowest BCUT2D eigenvalue weighted by molar-refractivity contribution is -0.127. The van der Waals surface area contributed by atoms with E-state index in [9.17, 15) is 9.90 Å². The number of aliphatic hydroxyl groups excluding tert-OH is 1. The molecule has 2 atom stereocenters. The van der Waals surface area contributed by atoms with Crippen molar-refractivity contribution in [2.45, 2.75) is 39.4 Å². The predicted molar refractivity (Wildman–Crippen MR) is 149 cm³/mol. The minimum Gasteiger partial charge on any atom is -0.394 e. The molecular weight excluding hydrogens is 466 g/mol. The van der Waals surface area contributed by atoms with Crippen LogP contribution >= 0.6 is 0 Å². The molecule has 0 saturated carbocycles. The maximum absolute atomic E-state index is 12.4. The average Bonchev–Trinajstić information content (AvgIpc) is 2.88. The van der Waals surface area contributed by atoms with E-state index in [1.807, 2.05) is 36.0 Å². The van der Waals surface area contributed by atoms with Crippen molar-refractivity contribution in [3.8, 4) is 0 Å². The summed E-state index contributed by atoms with van der Waals surface area (Å²) in [5.74, 6) is 1.63. The summed E-state index contributed by atoms with van der Waals surface area (Å²) in [6.07, 6.45) is 5.33. The first-order valence-corrected chi connectivity index (χ1v) is 13.1. The summed E-state index contributed by atoms with van der Waals surface area (Å²) >= 11 is 0. The number of rotatable bonds is 12. The summed E-state index contributed by atoms with van der Waals surface area (Å²) in [7, 11) is 3.98. The van der Waals surface area contributed by atoms with Crippen molar-refractivity contribution in [2.24, 2.45) is 5.92 Å². The number of hydrogen-bond acceptors (Lipinski definition) is 8. The van der Waals surface area contributed by atoms with Gasteiger partial charge < -0.3 is 25.5 Å². The number of nitrogens with zero attached hydrogens (tertiary/aromatic N) is 5. The third kappa shape index (κ3) is 9.10. The number of carbonyl (C=O) groups excluding carboxylic acids is 1. The van der Waals surface area contributed by atoms with Crippen molar-refractivity contribution in [2.75, 3.05) is 64.1 Å². The van der Waals surface area contributed by atoms with Crippen LogP contribution in [0.3, 0.4) is 0 Å². The van der Waals surface area contributed by atoms with Crippen LogP contribution in [0.25, 0.3) is 0 Å². The number of aliphatic hydroxyl groups is 1. The molecule has 1 aliphatic rings. The normalized spacial score (nSPS) is 16.4. The highest BCUT2D eigenvalue weighted by molar-refractivity contribution is 5.87.